The molecule has 0 aliphatic carbocycles. The minimum atomic E-state index is -3.46. The molecule has 0 saturated carbocycles. The number of sulfonamides is 1. The molecule has 0 aliphatic rings. The van der Waals surface area contributed by atoms with Crippen molar-refractivity contribution in [3.63, 3.8) is 0 Å². The smallest absolute Gasteiger partial charge is 0.240 e. The third kappa shape index (κ3) is 5.26. The zero-order chi connectivity index (χ0) is 18.3. The topological polar surface area (TPSA) is 113 Å². The van der Waals surface area contributed by atoms with Gasteiger partial charge in [-0.1, -0.05) is 12.1 Å². The van der Waals surface area contributed by atoms with Crippen LogP contribution in [-0.2, 0) is 30.2 Å². The highest BCUT2D eigenvalue weighted by Crippen LogP contribution is 2.11. The Kier molecular flexibility index (Phi) is 6.48. The van der Waals surface area contributed by atoms with Crippen LogP contribution in [0.15, 0.2) is 40.5 Å². The Morgan fingerprint density at radius 1 is 1.32 bits per heavy atom. The average Bonchev–Trinajstić information content (AvgIpc) is 3.02. The van der Waals surface area contributed by atoms with Crippen molar-refractivity contribution in [1.29, 1.82) is 0 Å². The van der Waals surface area contributed by atoms with Crippen LogP contribution in [0.2, 0.25) is 0 Å². The van der Waals surface area contributed by atoms with E-state index in [0.29, 0.717) is 25.6 Å². The van der Waals surface area contributed by atoms with Gasteiger partial charge in [0, 0.05) is 13.6 Å². The first-order valence-corrected chi connectivity index (χ1v) is 9.32. The molecule has 0 bridgehead atoms. The van der Waals surface area contributed by atoms with E-state index in [2.05, 4.69) is 30.4 Å². The van der Waals surface area contributed by atoms with Gasteiger partial charge in [0.1, 0.15) is 12.2 Å². The summed E-state index contributed by atoms with van der Waals surface area (Å²) in [6.45, 7) is 3.51. The SMILES string of the molecule is CCNC(=NCc1cccc(S(=O)(=O)NC)c1)NCc1ncnn1C. The van der Waals surface area contributed by atoms with E-state index in [1.54, 1.807) is 22.9 Å². The molecule has 3 N–H and O–H groups in total. The summed E-state index contributed by atoms with van der Waals surface area (Å²) in [5, 5.41) is 10.3. The first-order chi connectivity index (χ1) is 12.0. The molecule has 0 atom stereocenters. The van der Waals surface area contributed by atoms with Gasteiger partial charge >= 0.3 is 0 Å². The molecule has 10 heteroatoms. The van der Waals surface area contributed by atoms with Crippen LogP contribution in [0.25, 0.3) is 0 Å². The average molecular weight is 365 g/mol. The summed E-state index contributed by atoms with van der Waals surface area (Å²) in [5.41, 5.74) is 0.798. The summed E-state index contributed by atoms with van der Waals surface area (Å²) >= 11 is 0. The van der Waals surface area contributed by atoms with Gasteiger partial charge in [-0.2, -0.15) is 5.10 Å². The monoisotopic (exact) mass is 365 g/mol. The molecule has 2 rings (SSSR count). The minimum absolute atomic E-state index is 0.222. The van der Waals surface area contributed by atoms with Crippen molar-refractivity contribution in [2.75, 3.05) is 13.6 Å². The van der Waals surface area contributed by atoms with E-state index in [4.69, 9.17) is 0 Å². The summed E-state index contributed by atoms with van der Waals surface area (Å²) in [7, 11) is -0.252. The van der Waals surface area contributed by atoms with Crippen LogP contribution >= 0.6 is 0 Å². The van der Waals surface area contributed by atoms with Gasteiger partial charge < -0.3 is 10.6 Å². The fourth-order valence-electron chi connectivity index (χ4n) is 2.08. The highest BCUT2D eigenvalue weighted by molar-refractivity contribution is 7.89. The summed E-state index contributed by atoms with van der Waals surface area (Å²) < 4.78 is 27.7. The van der Waals surface area contributed by atoms with Gasteiger partial charge in [0.05, 0.1) is 18.0 Å². The van der Waals surface area contributed by atoms with E-state index in [1.165, 1.54) is 13.4 Å². The molecule has 0 aliphatic heterocycles. The largest absolute Gasteiger partial charge is 0.357 e. The lowest BCUT2D eigenvalue weighted by Crippen LogP contribution is -2.37. The maximum absolute atomic E-state index is 11.9. The fraction of sp³-hybridized carbons (Fsp3) is 0.400. The molecule has 25 heavy (non-hydrogen) atoms. The lowest BCUT2D eigenvalue weighted by molar-refractivity contribution is 0.588. The standard InChI is InChI=1S/C15H23N7O2S/c1-4-17-15(19-10-14-20-11-21-22(14)3)18-9-12-6-5-7-13(8-12)25(23,24)16-2/h5-8,11,16H,4,9-10H2,1-3H3,(H2,17,18,19). The van der Waals surface area contributed by atoms with Crippen molar-refractivity contribution in [3.05, 3.63) is 42.0 Å². The normalized spacial score (nSPS) is 12.2. The molecule has 0 unspecified atom stereocenters. The third-order valence-electron chi connectivity index (χ3n) is 3.46. The van der Waals surface area contributed by atoms with Gasteiger partial charge in [0.15, 0.2) is 5.96 Å². The number of hydrogen-bond acceptors (Lipinski definition) is 5. The van der Waals surface area contributed by atoms with Crippen LogP contribution < -0.4 is 15.4 Å². The number of aryl methyl sites for hydroxylation is 1. The van der Waals surface area contributed by atoms with Gasteiger partial charge in [-0.05, 0) is 31.7 Å². The van der Waals surface area contributed by atoms with Crippen LogP contribution in [0.5, 0.6) is 0 Å². The lowest BCUT2D eigenvalue weighted by atomic mass is 10.2. The number of aliphatic imine (C=N–C) groups is 1. The second kappa shape index (κ2) is 8.58. The Balaban J connectivity index is 2.08. The van der Waals surface area contributed by atoms with Crippen LogP contribution in [0, 0.1) is 0 Å². The Labute approximate surface area is 147 Å². The minimum Gasteiger partial charge on any atom is -0.357 e. The Bertz CT molecular complexity index is 830. The summed E-state index contributed by atoms with van der Waals surface area (Å²) in [6.07, 6.45) is 1.49. The molecule has 1 aromatic heterocycles. The van der Waals surface area contributed by atoms with E-state index < -0.39 is 10.0 Å². The van der Waals surface area contributed by atoms with E-state index >= 15 is 0 Å². The molecular weight excluding hydrogens is 342 g/mol. The number of guanidine groups is 1. The van der Waals surface area contributed by atoms with Crippen LogP contribution in [-0.4, -0.2) is 42.7 Å². The third-order valence-corrected chi connectivity index (χ3v) is 4.87. The van der Waals surface area contributed by atoms with Crippen molar-refractivity contribution >= 4 is 16.0 Å². The molecular formula is C15H23N7O2S. The molecule has 1 aromatic carbocycles. The summed E-state index contributed by atoms with van der Waals surface area (Å²) in [5.74, 6) is 1.40. The predicted molar refractivity (Wildman–Crippen MR) is 95.3 cm³/mol. The van der Waals surface area contributed by atoms with Gasteiger partial charge in [-0.25, -0.2) is 23.1 Å². The lowest BCUT2D eigenvalue weighted by Gasteiger charge is -2.11. The Hall–Kier alpha value is -2.46. The second-order valence-electron chi connectivity index (χ2n) is 5.20. The first kappa shape index (κ1) is 18.9. The van der Waals surface area contributed by atoms with Crippen molar-refractivity contribution in [1.82, 2.24) is 30.1 Å². The highest BCUT2D eigenvalue weighted by atomic mass is 32.2. The maximum atomic E-state index is 11.9. The molecule has 0 spiro atoms. The van der Waals surface area contributed by atoms with Crippen LogP contribution in [0.1, 0.15) is 18.3 Å². The van der Waals surface area contributed by atoms with Gasteiger partial charge in [0.2, 0.25) is 10.0 Å². The zero-order valence-electron chi connectivity index (χ0n) is 14.5. The number of nitrogens with one attached hydrogen (secondary N) is 3. The van der Waals surface area contributed by atoms with E-state index in [9.17, 15) is 8.42 Å². The molecule has 9 nitrogen and oxygen atoms in total. The van der Waals surface area contributed by atoms with E-state index in [-0.39, 0.29) is 4.90 Å². The van der Waals surface area contributed by atoms with Crippen LogP contribution in [0.3, 0.4) is 0 Å². The second-order valence-corrected chi connectivity index (χ2v) is 7.09. The van der Waals surface area contributed by atoms with Crippen molar-refractivity contribution < 1.29 is 8.42 Å². The number of nitrogens with zero attached hydrogens (tertiary/aromatic N) is 4. The van der Waals surface area contributed by atoms with E-state index in [1.807, 2.05) is 20.0 Å². The molecule has 2 aromatic rings. The number of rotatable bonds is 7. The van der Waals surface area contributed by atoms with Gasteiger partial charge in [-0.3, -0.25) is 4.68 Å². The number of aromatic nitrogens is 3. The molecule has 0 saturated heterocycles. The number of benzene rings is 1. The summed E-state index contributed by atoms with van der Waals surface area (Å²) in [4.78, 5) is 8.85. The molecule has 0 fully saturated rings. The zero-order valence-corrected chi connectivity index (χ0v) is 15.3. The van der Waals surface area contributed by atoms with Crippen molar-refractivity contribution in [2.24, 2.45) is 12.0 Å². The van der Waals surface area contributed by atoms with Crippen molar-refractivity contribution in [3.8, 4) is 0 Å². The van der Waals surface area contributed by atoms with Gasteiger partial charge in [-0.15, -0.1) is 0 Å². The summed E-state index contributed by atoms with van der Waals surface area (Å²) in [6, 6.07) is 6.71. The number of hydrogen-bond donors (Lipinski definition) is 3. The van der Waals surface area contributed by atoms with E-state index in [0.717, 1.165) is 11.4 Å². The first-order valence-electron chi connectivity index (χ1n) is 7.83. The molecule has 136 valence electrons. The van der Waals surface area contributed by atoms with Crippen LogP contribution in [0.4, 0.5) is 0 Å². The molecule has 0 amide bonds. The fourth-order valence-corrected chi connectivity index (χ4v) is 2.88. The van der Waals surface area contributed by atoms with Gasteiger partial charge in [0.25, 0.3) is 0 Å². The Morgan fingerprint density at radius 3 is 2.76 bits per heavy atom. The molecule has 0 radical (unpaired) electrons. The maximum Gasteiger partial charge on any atom is 0.240 e. The van der Waals surface area contributed by atoms with Crippen molar-refractivity contribution in [2.45, 2.75) is 24.9 Å². The quantitative estimate of drug-likeness (QED) is 0.469. The molecule has 1 heterocycles. The predicted octanol–water partition coefficient (Wildman–Crippen LogP) is -0.0215. The highest BCUT2D eigenvalue weighted by Gasteiger charge is 2.11. The Morgan fingerprint density at radius 2 is 2.12 bits per heavy atom.